The Balaban J connectivity index is 3.34. The summed E-state index contributed by atoms with van der Waals surface area (Å²) in [7, 11) is 0. The summed E-state index contributed by atoms with van der Waals surface area (Å²) >= 11 is 0. The molecule has 0 spiro atoms. The van der Waals surface area contributed by atoms with E-state index in [-0.39, 0.29) is 18.5 Å². The number of carbonyl (C=O) groups is 2. The van der Waals surface area contributed by atoms with Crippen LogP contribution in [-0.4, -0.2) is 25.0 Å². The van der Waals surface area contributed by atoms with Crippen LogP contribution in [0.1, 0.15) is 168 Å². The fourth-order valence-corrected chi connectivity index (χ4v) is 4.49. The van der Waals surface area contributed by atoms with Gasteiger partial charge in [-0.2, -0.15) is 0 Å². The van der Waals surface area contributed by atoms with Crippen LogP contribution in [0.2, 0.25) is 0 Å². The fraction of sp³-hybridized carbons (Fsp3) is 0.824. The standard InChI is InChI=1S/C34H63NO3/c1-3-5-7-9-11-13-15-16-17-18-20-21-23-25-27-29-33(36)35-31-32-38-34(37)30-28-26-24-22-19-14-12-10-8-6-4-2/h10,12,16-17H,3-9,11,13-15,18-32H2,1-2H3,(H,35,36)/b12-10-,17-16-. The smallest absolute Gasteiger partial charge is 0.305 e. The number of amides is 1. The van der Waals surface area contributed by atoms with Gasteiger partial charge in [-0.15, -0.1) is 0 Å². The molecule has 0 rings (SSSR count). The maximum absolute atomic E-state index is 11.9. The van der Waals surface area contributed by atoms with E-state index in [1.54, 1.807) is 0 Å². The molecule has 0 atom stereocenters. The van der Waals surface area contributed by atoms with Gasteiger partial charge in [-0.1, -0.05) is 122 Å². The van der Waals surface area contributed by atoms with E-state index in [0.717, 1.165) is 25.7 Å². The lowest BCUT2D eigenvalue weighted by atomic mass is 10.1. The average molecular weight is 534 g/mol. The number of hydrogen-bond donors (Lipinski definition) is 1. The summed E-state index contributed by atoms with van der Waals surface area (Å²) in [5.74, 6) is -0.0748. The molecule has 4 heteroatoms. The zero-order chi connectivity index (χ0) is 27.8. The number of allylic oxidation sites excluding steroid dienone is 4. The molecule has 1 amide bonds. The van der Waals surface area contributed by atoms with Crippen molar-refractivity contribution in [3.8, 4) is 0 Å². The fourth-order valence-electron chi connectivity index (χ4n) is 4.49. The van der Waals surface area contributed by atoms with Crippen molar-refractivity contribution in [2.75, 3.05) is 13.2 Å². The van der Waals surface area contributed by atoms with Gasteiger partial charge in [-0.3, -0.25) is 9.59 Å². The lowest BCUT2D eigenvalue weighted by molar-refractivity contribution is -0.144. The van der Waals surface area contributed by atoms with E-state index >= 15 is 0 Å². The van der Waals surface area contributed by atoms with Crippen LogP contribution >= 0.6 is 0 Å². The van der Waals surface area contributed by atoms with Crippen LogP contribution in [0.5, 0.6) is 0 Å². The maximum atomic E-state index is 11.9. The lowest BCUT2D eigenvalue weighted by Crippen LogP contribution is -2.27. The largest absolute Gasteiger partial charge is 0.464 e. The maximum Gasteiger partial charge on any atom is 0.305 e. The molecule has 0 unspecified atom stereocenters. The molecule has 0 aliphatic heterocycles. The van der Waals surface area contributed by atoms with Crippen molar-refractivity contribution in [1.82, 2.24) is 5.32 Å². The van der Waals surface area contributed by atoms with E-state index in [4.69, 9.17) is 4.74 Å². The molecule has 0 aromatic heterocycles. The summed E-state index contributed by atoms with van der Waals surface area (Å²) in [6.45, 7) is 5.19. The van der Waals surface area contributed by atoms with Crippen molar-refractivity contribution < 1.29 is 14.3 Å². The molecule has 1 N–H and O–H groups in total. The molecule has 0 aliphatic rings. The van der Waals surface area contributed by atoms with Gasteiger partial charge in [0, 0.05) is 12.8 Å². The molecule has 4 nitrogen and oxygen atoms in total. The summed E-state index contributed by atoms with van der Waals surface area (Å²) in [5.41, 5.74) is 0. The Morgan fingerprint density at radius 2 is 0.947 bits per heavy atom. The Hall–Kier alpha value is -1.58. The van der Waals surface area contributed by atoms with Gasteiger partial charge in [0.1, 0.15) is 6.61 Å². The van der Waals surface area contributed by atoms with Crippen LogP contribution in [-0.2, 0) is 14.3 Å². The highest BCUT2D eigenvalue weighted by atomic mass is 16.5. The zero-order valence-corrected chi connectivity index (χ0v) is 25.4. The van der Waals surface area contributed by atoms with Crippen LogP contribution in [0.15, 0.2) is 24.3 Å². The third kappa shape index (κ3) is 30.6. The van der Waals surface area contributed by atoms with Crippen LogP contribution in [0, 0.1) is 0 Å². The van der Waals surface area contributed by atoms with E-state index in [1.807, 2.05) is 0 Å². The first-order valence-corrected chi connectivity index (χ1v) is 16.4. The summed E-state index contributed by atoms with van der Waals surface area (Å²) in [5, 5.41) is 2.87. The van der Waals surface area contributed by atoms with Gasteiger partial charge in [-0.05, 0) is 57.8 Å². The lowest BCUT2D eigenvalue weighted by Gasteiger charge is -2.07. The molecule has 0 aliphatic carbocycles. The van der Waals surface area contributed by atoms with Crippen molar-refractivity contribution in [3.63, 3.8) is 0 Å². The topological polar surface area (TPSA) is 55.4 Å². The quantitative estimate of drug-likeness (QED) is 0.0591. The van der Waals surface area contributed by atoms with E-state index in [1.165, 1.54) is 116 Å². The zero-order valence-electron chi connectivity index (χ0n) is 25.4. The minimum Gasteiger partial charge on any atom is -0.464 e. The minimum atomic E-state index is -0.143. The van der Waals surface area contributed by atoms with Gasteiger partial charge in [0.05, 0.1) is 6.54 Å². The second-order valence-electron chi connectivity index (χ2n) is 10.8. The molecule has 0 saturated carbocycles. The van der Waals surface area contributed by atoms with Gasteiger partial charge in [0.25, 0.3) is 0 Å². The Labute approximate surface area is 236 Å². The van der Waals surface area contributed by atoms with Gasteiger partial charge >= 0.3 is 5.97 Å². The van der Waals surface area contributed by atoms with Crippen LogP contribution in [0.25, 0.3) is 0 Å². The Morgan fingerprint density at radius 1 is 0.526 bits per heavy atom. The molecule has 0 aromatic carbocycles. The van der Waals surface area contributed by atoms with Gasteiger partial charge in [0.2, 0.25) is 5.91 Å². The SMILES string of the molecule is CCCC/C=C\CCCCCCCC(=O)OCCNC(=O)CCCCCCC/C=C\CCCCCCCC. The second kappa shape index (κ2) is 31.6. The third-order valence-corrected chi connectivity index (χ3v) is 7.00. The predicted molar refractivity (Wildman–Crippen MR) is 164 cm³/mol. The summed E-state index contributed by atoms with van der Waals surface area (Å²) in [6, 6.07) is 0. The van der Waals surface area contributed by atoms with Crippen molar-refractivity contribution in [1.29, 1.82) is 0 Å². The Morgan fingerprint density at radius 3 is 1.47 bits per heavy atom. The first-order valence-electron chi connectivity index (χ1n) is 16.4. The molecular formula is C34H63NO3. The molecule has 0 radical (unpaired) electrons. The highest BCUT2D eigenvalue weighted by Gasteiger charge is 2.04. The molecular weight excluding hydrogens is 470 g/mol. The van der Waals surface area contributed by atoms with Crippen molar-refractivity contribution >= 4 is 11.9 Å². The molecule has 0 fully saturated rings. The first-order chi connectivity index (χ1) is 18.7. The number of carbonyl (C=O) groups excluding carboxylic acids is 2. The molecule has 0 heterocycles. The predicted octanol–water partition coefficient (Wildman–Crippen LogP) is 10.2. The monoisotopic (exact) mass is 533 g/mol. The number of esters is 1. The molecule has 222 valence electrons. The minimum absolute atomic E-state index is 0.0684. The first kappa shape index (κ1) is 36.4. The third-order valence-electron chi connectivity index (χ3n) is 7.00. The normalized spacial score (nSPS) is 11.5. The van der Waals surface area contributed by atoms with E-state index < -0.39 is 0 Å². The molecule has 0 bridgehead atoms. The van der Waals surface area contributed by atoms with Gasteiger partial charge < -0.3 is 10.1 Å². The molecule has 0 aromatic rings. The summed E-state index contributed by atoms with van der Waals surface area (Å²) in [4.78, 5) is 23.8. The second-order valence-corrected chi connectivity index (χ2v) is 10.8. The average Bonchev–Trinajstić information content (AvgIpc) is 2.92. The number of ether oxygens (including phenoxy) is 1. The van der Waals surface area contributed by atoms with Gasteiger partial charge in [-0.25, -0.2) is 0 Å². The molecule has 0 saturated heterocycles. The Kier molecular flexibility index (Phi) is 30.3. The summed E-state index contributed by atoms with van der Waals surface area (Å²) < 4.78 is 5.25. The van der Waals surface area contributed by atoms with Crippen LogP contribution < -0.4 is 5.32 Å². The van der Waals surface area contributed by atoms with Crippen LogP contribution in [0.3, 0.4) is 0 Å². The number of rotatable bonds is 29. The Bertz CT molecular complexity index is 570. The van der Waals surface area contributed by atoms with E-state index in [9.17, 15) is 9.59 Å². The highest BCUT2D eigenvalue weighted by Crippen LogP contribution is 2.11. The number of nitrogens with one attached hydrogen (secondary N) is 1. The van der Waals surface area contributed by atoms with E-state index in [2.05, 4.69) is 43.5 Å². The summed E-state index contributed by atoms with van der Waals surface area (Å²) in [6.07, 6.45) is 37.3. The van der Waals surface area contributed by atoms with Crippen molar-refractivity contribution in [3.05, 3.63) is 24.3 Å². The van der Waals surface area contributed by atoms with E-state index in [0.29, 0.717) is 19.4 Å². The van der Waals surface area contributed by atoms with Gasteiger partial charge in [0.15, 0.2) is 0 Å². The highest BCUT2D eigenvalue weighted by molar-refractivity contribution is 5.75. The molecule has 38 heavy (non-hydrogen) atoms. The van der Waals surface area contributed by atoms with Crippen molar-refractivity contribution in [2.45, 2.75) is 168 Å². The van der Waals surface area contributed by atoms with Crippen LogP contribution in [0.4, 0.5) is 0 Å². The van der Waals surface area contributed by atoms with Crippen molar-refractivity contribution in [2.24, 2.45) is 0 Å². The number of hydrogen-bond acceptors (Lipinski definition) is 3. The number of unbranched alkanes of at least 4 members (excludes halogenated alkanes) is 18.